The van der Waals surface area contributed by atoms with Crippen molar-refractivity contribution in [2.45, 2.75) is 20.4 Å². The van der Waals surface area contributed by atoms with Crippen molar-refractivity contribution in [3.63, 3.8) is 0 Å². The number of nitrogens with zero attached hydrogens (tertiary/aromatic N) is 1. The van der Waals surface area contributed by atoms with Crippen LogP contribution in [0.4, 0.5) is 0 Å². The van der Waals surface area contributed by atoms with E-state index in [1.54, 1.807) is 0 Å². The number of aromatic nitrogens is 1. The van der Waals surface area contributed by atoms with E-state index in [0.29, 0.717) is 23.6 Å². The topological polar surface area (TPSA) is 55.1 Å². The molecule has 0 saturated carbocycles. The summed E-state index contributed by atoms with van der Waals surface area (Å²) < 4.78 is 5.47. The van der Waals surface area contributed by atoms with Crippen molar-refractivity contribution < 1.29 is 9.32 Å². The Morgan fingerprint density at radius 2 is 1.52 bits per heavy atom. The molecule has 0 aliphatic rings. The Labute approximate surface area is 170 Å². The van der Waals surface area contributed by atoms with Crippen LogP contribution in [0, 0.1) is 13.8 Å². The van der Waals surface area contributed by atoms with Crippen LogP contribution >= 0.6 is 0 Å². The number of carbonyl (C=O) groups is 1. The summed E-state index contributed by atoms with van der Waals surface area (Å²) in [6, 6.07) is 25.9. The van der Waals surface area contributed by atoms with Gasteiger partial charge in [-0.3, -0.25) is 4.79 Å². The lowest BCUT2D eigenvalue weighted by Crippen LogP contribution is -2.23. The molecule has 4 heteroatoms. The Morgan fingerprint density at radius 1 is 0.828 bits per heavy atom. The highest BCUT2D eigenvalue weighted by Crippen LogP contribution is 2.25. The van der Waals surface area contributed by atoms with E-state index < -0.39 is 0 Å². The zero-order valence-corrected chi connectivity index (χ0v) is 16.5. The minimum Gasteiger partial charge on any atom is -0.356 e. The van der Waals surface area contributed by atoms with E-state index in [2.05, 4.69) is 34.7 Å². The van der Waals surface area contributed by atoms with Gasteiger partial charge in [-0.05, 0) is 48.2 Å². The van der Waals surface area contributed by atoms with Gasteiger partial charge >= 0.3 is 0 Å². The van der Waals surface area contributed by atoms with Crippen molar-refractivity contribution in [1.82, 2.24) is 10.5 Å². The van der Waals surface area contributed by atoms with Gasteiger partial charge in [0.05, 0.1) is 6.54 Å². The molecule has 1 heterocycles. The normalized spacial score (nSPS) is 10.7. The maximum absolute atomic E-state index is 12.4. The lowest BCUT2D eigenvalue weighted by Gasteiger charge is -2.05. The molecule has 3 aromatic carbocycles. The third kappa shape index (κ3) is 4.27. The predicted octanol–water partition coefficient (Wildman–Crippen LogP) is 5.56. The molecule has 1 aromatic heterocycles. The van der Waals surface area contributed by atoms with E-state index in [0.717, 1.165) is 16.7 Å². The zero-order valence-electron chi connectivity index (χ0n) is 16.5. The van der Waals surface area contributed by atoms with Gasteiger partial charge in [0.15, 0.2) is 5.76 Å². The van der Waals surface area contributed by atoms with E-state index in [1.165, 1.54) is 11.1 Å². The molecule has 0 radical (unpaired) electrons. The van der Waals surface area contributed by atoms with Gasteiger partial charge in [0.1, 0.15) is 5.69 Å². The van der Waals surface area contributed by atoms with Gasteiger partial charge in [0.25, 0.3) is 5.91 Å². The summed E-state index contributed by atoms with van der Waals surface area (Å²) >= 11 is 0. The highest BCUT2D eigenvalue weighted by atomic mass is 16.5. The fourth-order valence-corrected chi connectivity index (χ4v) is 3.14. The number of hydrogen-bond donors (Lipinski definition) is 1. The molecule has 0 fully saturated rings. The third-order valence-electron chi connectivity index (χ3n) is 5.03. The number of carbonyl (C=O) groups excluding carboxylic acids is 1. The zero-order chi connectivity index (χ0) is 20.2. The average Bonchev–Trinajstić information content (AvgIpc) is 3.24. The number of aryl methyl sites for hydroxylation is 2. The molecular weight excluding hydrogens is 360 g/mol. The monoisotopic (exact) mass is 382 g/mol. The molecule has 4 rings (SSSR count). The van der Waals surface area contributed by atoms with Crippen LogP contribution in [0.3, 0.4) is 0 Å². The van der Waals surface area contributed by atoms with Crippen molar-refractivity contribution in [1.29, 1.82) is 0 Å². The fourth-order valence-electron chi connectivity index (χ4n) is 3.14. The quantitative estimate of drug-likeness (QED) is 0.492. The molecule has 4 aromatic rings. The summed E-state index contributed by atoms with van der Waals surface area (Å²) in [7, 11) is 0. The summed E-state index contributed by atoms with van der Waals surface area (Å²) in [6.45, 7) is 4.34. The molecule has 0 atom stereocenters. The molecule has 1 amide bonds. The Hall–Kier alpha value is -3.66. The Morgan fingerprint density at radius 3 is 2.24 bits per heavy atom. The lowest BCUT2D eigenvalue weighted by molar-refractivity contribution is 0.0950. The Kier molecular flexibility index (Phi) is 5.25. The van der Waals surface area contributed by atoms with Gasteiger partial charge < -0.3 is 9.84 Å². The number of hydrogen-bond acceptors (Lipinski definition) is 3. The summed E-state index contributed by atoms with van der Waals surface area (Å²) in [4.78, 5) is 12.4. The van der Waals surface area contributed by atoms with Gasteiger partial charge in [0, 0.05) is 17.2 Å². The molecule has 1 N–H and O–H groups in total. The number of amides is 1. The second kappa shape index (κ2) is 8.15. The van der Waals surface area contributed by atoms with Crippen LogP contribution < -0.4 is 5.32 Å². The minimum atomic E-state index is -0.120. The van der Waals surface area contributed by atoms with Crippen molar-refractivity contribution in [3.8, 4) is 22.5 Å². The molecule has 0 aliphatic heterocycles. The lowest BCUT2D eigenvalue weighted by atomic mass is 10.0. The van der Waals surface area contributed by atoms with E-state index in [4.69, 9.17) is 4.52 Å². The Bertz CT molecular complexity index is 1130. The van der Waals surface area contributed by atoms with Crippen LogP contribution in [0.1, 0.15) is 27.2 Å². The van der Waals surface area contributed by atoms with Crippen molar-refractivity contribution >= 4 is 5.91 Å². The number of rotatable bonds is 5. The smallest absolute Gasteiger partial charge is 0.251 e. The first kappa shape index (κ1) is 18.7. The van der Waals surface area contributed by atoms with Gasteiger partial charge in [-0.25, -0.2) is 0 Å². The van der Waals surface area contributed by atoms with Gasteiger partial charge in [-0.15, -0.1) is 0 Å². The molecule has 4 nitrogen and oxygen atoms in total. The first-order chi connectivity index (χ1) is 14.1. The summed E-state index contributed by atoms with van der Waals surface area (Å²) in [5.74, 6) is 0.560. The maximum atomic E-state index is 12.4. The van der Waals surface area contributed by atoms with E-state index in [9.17, 15) is 4.79 Å². The molecule has 0 aliphatic carbocycles. The van der Waals surface area contributed by atoms with Crippen LogP contribution in [-0.2, 0) is 6.54 Å². The molecule has 0 saturated heterocycles. The number of benzene rings is 3. The third-order valence-corrected chi connectivity index (χ3v) is 5.03. The Balaban J connectivity index is 1.42. The van der Waals surface area contributed by atoms with Gasteiger partial charge in [-0.1, -0.05) is 65.8 Å². The van der Waals surface area contributed by atoms with E-state index >= 15 is 0 Å². The van der Waals surface area contributed by atoms with Gasteiger partial charge in [0.2, 0.25) is 0 Å². The van der Waals surface area contributed by atoms with Crippen LogP contribution in [0.5, 0.6) is 0 Å². The standard InChI is InChI=1S/C25H22N2O2/c1-17-8-9-22(14-18(17)2)25(28)26-16-23-15-24(29-27-23)21-12-10-20(11-13-21)19-6-4-3-5-7-19/h3-15H,16H2,1-2H3,(H,26,28). The predicted molar refractivity (Wildman–Crippen MR) is 114 cm³/mol. The molecule has 144 valence electrons. The van der Waals surface area contributed by atoms with Crippen molar-refractivity contribution in [2.75, 3.05) is 0 Å². The maximum Gasteiger partial charge on any atom is 0.251 e. The second-order valence-electron chi connectivity index (χ2n) is 7.11. The molecule has 0 unspecified atom stereocenters. The number of nitrogens with one attached hydrogen (secondary N) is 1. The molecule has 0 bridgehead atoms. The first-order valence-corrected chi connectivity index (χ1v) is 9.57. The molecule has 29 heavy (non-hydrogen) atoms. The van der Waals surface area contributed by atoms with E-state index in [-0.39, 0.29) is 5.91 Å². The van der Waals surface area contributed by atoms with Crippen LogP contribution in [0.25, 0.3) is 22.5 Å². The van der Waals surface area contributed by atoms with Crippen LogP contribution in [0.2, 0.25) is 0 Å². The second-order valence-corrected chi connectivity index (χ2v) is 7.11. The first-order valence-electron chi connectivity index (χ1n) is 9.57. The SMILES string of the molecule is Cc1ccc(C(=O)NCc2cc(-c3ccc(-c4ccccc4)cc3)on2)cc1C. The highest BCUT2D eigenvalue weighted by Gasteiger charge is 2.10. The highest BCUT2D eigenvalue weighted by molar-refractivity contribution is 5.94. The van der Waals surface area contributed by atoms with E-state index in [1.807, 2.05) is 68.4 Å². The summed E-state index contributed by atoms with van der Waals surface area (Å²) in [6.07, 6.45) is 0. The minimum absolute atomic E-state index is 0.120. The largest absolute Gasteiger partial charge is 0.356 e. The average molecular weight is 382 g/mol. The molecular formula is C25H22N2O2. The fraction of sp³-hybridized carbons (Fsp3) is 0.120. The van der Waals surface area contributed by atoms with Crippen molar-refractivity contribution in [2.24, 2.45) is 0 Å². The van der Waals surface area contributed by atoms with Crippen LogP contribution in [-0.4, -0.2) is 11.1 Å². The molecule has 0 spiro atoms. The van der Waals surface area contributed by atoms with Crippen molar-refractivity contribution in [3.05, 3.63) is 101 Å². The van der Waals surface area contributed by atoms with Crippen LogP contribution in [0.15, 0.2) is 83.4 Å². The summed E-state index contributed by atoms with van der Waals surface area (Å²) in [5, 5.41) is 6.98. The summed E-state index contributed by atoms with van der Waals surface area (Å²) in [5.41, 5.74) is 6.86. The van der Waals surface area contributed by atoms with Gasteiger partial charge in [-0.2, -0.15) is 0 Å².